The smallest absolute Gasteiger partial charge is 0.169 e. The van der Waals surface area contributed by atoms with Crippen LogP contribution in [-0.2, 0) is 9.47 Å². The minimum Gasteiger partial charge on any atom is -0.344 e. The zero-order valence-corrected chi connectivity index (χ0v) is 11.1. The summed E-state index contributed by atoms with van der Waals surface area (Å²) >= 11 is 0. The highest BCUT2D eigenvalue weighted by molar-refractivity contribution is 5.20. The van der Waals surface area contributed by atoms with Gasteiger partial charge in [0.1, 0.15) is 6.10 Å². The number of hydrogen-bond donors (Lipinski definition) is 0. The van der Waals surface area contributed by atoms with Gasteiger partial charge in [-0.1, -0.05) is 43.7 Å². The van der Waals surface area contributed by atoms with Gasteiger partial charge >= 0.3 is 0 Å². The Balaban J connectivity index is 1.82. The fraction of sp³-hybridized carbons (Fsp3) is 0.625. The molecule has 1 aliphatic carbocycles. The summed E-state index contributed by atoms with van der Waals surface area (Å²) in [5, 5.41) is 0. The average molecular weight is 246 g/mol. The highest BCUT2D eigenvalue weighted by Crippen LogP contribution is 2.46. The van der Waals surface area contributed by atoms with Crippen LogP contribution in [0.15, 0.2) is 30.3 Å². The van der Waals surface area contributed by atoms with Crippen LogP contribution in [0.25, 0.3) is 0 Å². The first kappa shape index (κ1) is 12.2. The van der Waals surface area contributed by atoms with Gasteiger partial charge in [0.2, 0.25) is 0 Å². The van der Waals surface area contributed by atoms with E-state index in [4.69, 9.17) is 9.47 Å². The predicted molar refractivity (Wildman–Crippen MR) is 71.2 cm³/mol. The van der Waals surface area contributed by atoms with E-state index >= 15 is 0 Å². The van der Waals surface area contributed by atoms with Crippen molar-refractivity contribution in [3.63, 3.8) is 0 Å². The Bertz CT molecular complexity index is 381. The molecule has 1 saturated carbocycles. The third kappa shape index (κ3) is 2.19. The third-order valence-electron chi connectivity index (χ3n) is 4.19. The quantitative estimate of drug-likeness (QED) is 0.778. The van der Waals surface area contributed by atoms with E-state index in [0.717, 1.165) is 19.3 Å². The first-order valence-corrected chi connectivity index (χ1v) is 7.23. The van der Waals surface area contributed by atoms with Crippen LogP contribution in [0.4, 0.5) is 0 Å². The van der Waals surface area contributed by atoms with Crippen LogP contribution in [0.3, 0.4) is 0 Å². The molecule has 0 amide bonds. The third-order valence-corrected chi connectivity index (χ3v) is 4.19. The number of benzene rings is 1. The Kier molecular flexibility index (Phi) is 3.40. The lowest BCUT2D eigenvalue weighted by molar-refractivity contribution is -0.194. The van der Waals surface area contributed by atoms with Crippen LogP contribution in [0.2, 0.25) is 0 Å². The topological polar surface area (TPSA) is 18.5 Å². The molecule has 0 aromatic heterocycles. The molecule has 1 saturated heterocycles. The largest absolute Gasteiger partial charge is 0.344 e. The van der Waals surface area contributed by atoms with Gasteiger partial charge in [-0.25, -0.2) is 0 Å². The van der Waals surface area contributed by atoms with Gasteiger partial charge in [-0.05, 0) is 24.8 Å². The van der Waals surface area contributed by atoms with Crippen molar-refractivity contribution >= 4 is 0 Å². The van der Waals surface area contributed by atoms with Crippen LogP contribution in [-0.4, -0.2) is 11.9 Å². The molecule has 2 unspecified atom stereocenters. The summed E-state index contributed by atoms with van der Waals surface area (Å²) in [6.07, 6.45) is 7.26. The molecular weight excluding hydrogens is 224 g/mol. The summed E-state index contributed by atoms with van der Waals surface area (Å²) in [5.41, 5.74) is 1.26. The Labute approximate surface area is 109 Å². The zero-order valence-electron chi connectivity index (χ0n) is 11.1. The minimum absolute atomic E-state index is 0.120. The Morgan fingerprint density at radius 3 is 2.44 bits per heavy atom. The molecule has 1 aromatic carbocycles. The van der Waals surface area contributed by atoms with Gasteiger partial charge in [0.05, 0.1) is 6.10 Å². The van der Waals surface area contributed by atoms with Gasteiger partial charge in [0, 0.05) is 12.8 Å². The summed E-state index contributed by atoms with van der Waals surface area (Å²) in [5.74, 6) is -0.278. The maximum atomic E-state index is 6.36. The Morgan fingerprint density at radius 1 is 1.06 bits per heavy atom. The van der Waals surface area contributed by atoms with Gasteiger partial charge in [0.25, 0.3) is 0 Å². The van der Waals surface area contributed by atoms with Crippen molar-refractivity contribution in [3.8, 4) is 0 Å². The van der Waals surface area contributed by atoms with Crippen LogP contribution >= 0.6 is 0 Å². The first-order chi connectivity index (χ1) is 8.83. The summed E-state index contributed by atoms with van der Waals surface area (Å²) in [6, 6.07) is 10.5. The lowest BCUT2D eigenvalue weighted by atomic mass is 9.94. The van der Waals surface area contributed by atoms with Crippen molar-refractivity contribution in [3.05, 3.63) is 35.9 Å². The average Bonchev–Trinajstić information content (AvgIpc) is 2.79. The summed E-state index contributed by atoms with van der Waals surface area (Å²) in [6.45, 7) is 2.19. The SMILES string of the molecule is CCC1OC2(CCCCC2)OC1c1ccccc1. The van der Waals surface area contributed by atoms with E-state index in [1.165, 1.54) is 24.8 Å². The van der Waals surface area contributed by atoms with Crippen molar-refractivity contribution in [1.29, 1.82) is 0 Å². The molecule has 2 nitrogen and oxygen atoms in total. The van der Waals surface area contributed by atoms with Crippen LogP contribution < -0.4 is 0 Å². The summed E-state index contributed by atoms with van der Waals surface area (Å²) in [7, 11) is 0. The number of ether oxygens (including phenoxy) is 2. The standard InChI is InChI=1S/C16H22O2/c1-2-14-15(13-9-5-3-6-10-13)18-16(17-14)11-7-4-8-12-16/h3,5-6,9-10,14-15H,2,4,7-8,11-12H2,1H3. The molecule has 2 heteroatoms. The van der Waals surface area contributed by atoms with E-state index in [1.54, 1.807) is 0 Å². The first-order valence-electron chi connectivity index (χ1n) is 7.23. The van der Waals surface area contributed by atoms with Gasteiger partial charge in [-0.3, -0.25) is 0 Å². The van der Waals surface area contributed by atoms with E-state index in [1.807, 2.05) is 0 Å². The highest BCUT2D eigenvalue weighted by atomic mass is 16.8. The summed E-state index contributed by atoms with van der Waals surface area (Å²) in [4.78, 5) is 0. The maximum absolute atomic E-state index is 6.36. The molecule has 1 heterocycles. The monoisotopic (exact) mass is 246 g/mol. The molecule has 18 heavy (non-hydrogen) atoms. The van der Waals surface area contributed by atoms with Crippen LogP contribution in [0.1, 0.15) is 57.1 Å². The summed E-state index contributed by atoms with van der Waals surface area (Å²) < 4.78 is 12.6. The molecule has 0 bridgehead atoms. The number of hydrogen-bond acceptors (Lipinski definition) is 2. The highest BCUT2D eigenvalue weighted by Gasteiger charge is 2.47. The van der Waals surface area contributed by atoms with E-state index in [9.17, 15) is 0 Å². The van der Waals surface area contributed by atoms with Gasteiger partial charge < -0.3 is 9.47 Å². The molecule has 2 atom stereocenters. The Hall–Kier alpha value is -0.860. The van der Waals surface area contributed by atoms with Crippen LogP contribution in [0, 0.1) is 0 Å². The van der Waals surface area contributed by atoms with Gasteiger partial charge in [0.15, 0.2) is 5.79 Å². The van der Waals surface area contributed by atoms with Crippen molar-refractivity contribution in [2.45, 2.75) is 63.4 Å². The predicted octanol–water partition coefficient (Wildman–Crippen LogP) is 4.21. The van der Waals surface area contributed by atoms with Gasteiger partial charge in [-0.2, -0.15) is 0 Å². The van der Waals surface area contributed by atoms with Crippen molar-refractivity contribution in [2.24, 2.45) is 0 Å². The minimum atomic E-state index is -0.278. The van der Waals surface area contributed by atoms with Crippen molar-refractivity contribution in [1.82, 2.24) is 0 Å². The molecule has 0 radical (unpaired) electrons. The Morgan fingerprint density at radius 2 is 1.78 bits per heavy atom. The molecule has 3 rings (SSSR count). The lowest BCUT2D eigenvalue weighted by Crippen LogP contribution is -2.33. The molecular formula is C16H22O2. The van der Waals surface area contributed by atoms with E-state index in [-0.39, 0.29) is 18.0 Å². The number of rotatable bonds is 2. The molecule has 2 aliphatic rings. The van der Waals surface area contributed by atoms with E-state index in [2.05, 4.69) is 37.3 Å². The van der Waals surface area contributed by atoms with Crippen molar-refractivity contribution < 1.29 is 9.47 Å². The normalized spacial score (nSPS) is 30.7. The molecule has 1 aliphatic heterocycles. The second kappa shape index (κ2) is 5.02. The second-order valence-electron chi connectivity index (χ2n) is 5.49. The molecule has 2 fully saturated rings. The fourth-order valence-electron chi connectivity index (χ4n) is 3.22. The molecule has 0 N–H and O–H groups in total. The fourth-order valence-corrected chi connectivity index (χ4v) is 3.22. The zero-order chi connectivity index (χ0) is 12.4. The van der Waals surface area contributed by atoms with E-state index in [0.29, 0.717) is 0 Å². The van der Waals surface area contributed by atoms with Crippen LogP contribution in [0.5, 0.6) is 0 Å². The van der Waals surface area contributed by atoms with Crippen molar-refractivity contribution in [2.75, 3.05) is 0 Å². The van der Waals surface area contributed by atoms with E-state index < -0.39 is 0 Å². The van der Waals surface area contributed by atoms with Gasteiger partial charge in [-0.15, -0.1) is 0 Å². The second-order valence-corrected chi connectivity index (χ2v) is 5.49. The molecule has 1 aromatic rings. The molecule has 1 spiro atoms. The molecule has 98 valence electrons. The lowest BCUT2D eigenvalue weighted by Gasteiger charge is -2.32. The maximum Gasteiger partial charge on any atom is 0.169 e.